The normalized spacial score (nSPS) is 13.8. The third-order valence-electron chi connectivity index (χ3n) is 4.63. The first-order valence-corrected chi connectivity index (χ1v) is 10.7. The van der Waals surface area contributed by atoms with Gasteiger partial charge in [-0.15, -0.1) is 13.2 Å². The minimum atomic E-state index is -0.398. The number of carbonyl (C=O) groups excluding carboxylic acids is 1. The van der Waals surface area contributed by atoms with E-state index in [4.69, 9.17) is 21.1 Å². The summed E-state index contributed by atoms with van der Waals surface area (Å²) in [6.45, 7) is 9.64. The lowest BCUT2D eigenvalue weighted by Gasteiger charge is -2.31. The molecule has 1 aliphatic rings. The highest BCUT2D eigenvalue weighted by molar-refractivity contribution is 6.30. The molecule has 2 N–H and O–H groups in total. The second kappa shape index (κ2) is 11.9. The Balaban J connectivity index is 1.51. The highest BCUT2D eigenvalue weighted by Gasteiger charge is 2.25. The van der Waals surface area contributed by atoms with Crippen molar-refractivity contribution in [3.8, 4) is 5.75 Å². The van der Waals surface area contributed by atoms with Crippen LogP contribution in [0, 0.1) is 0 Å². The van der Waals surface area contributed by atoms with Crippen LogP contribution in [0.1, 0.15) is 12.8 Å². The predicted octanol–water partition coefficient (Wildman–Crippen LogP) is 3.31. The van der Waals surface area contributed by atoms with Gasteiger partial charge in [0.05, 0.1) is 0 Å². The monoisotopic (exact) mass is 458 g/mol. The molecule has 0 aliphatic carbocycles. The van der Waals surface area contributed by atoms with Gasteiger partial charge in [-0.05, 0) is 24.3 Å². The van der Waals surface area contributed by atoms with Crippen molar-refractivity contribution < 1.29 is 14.3 Å². The van der Waals surface area contributed by atoms with E-state index in [1.54, 1.807) is 36.4 Å². The number of carbonyl (C=O) groups is 1. The molecule has 1 aliphatic heterocycles. The average Bonchev–Trinajstić information content (AvgIpc) is 2.81. The van der Waals surface area contributed by atoms with Crippen molar-refractivity contribution in [3.63, 3.8) is 0 Å². The van der Waals surface area contributed by atoms with Gasteiger partial charge in [0.1, 0.15) is 11.9 Å². The van der Waals surface area contributed by atoms with E-state index in [1.807, 2.05) is 0 Å². The zero-order valence-electron chi connectivity index (χ0n) is 17.8. The van der Waals surface area contributed by atoms with Crippen molar-refractivity contribution in [2.45, 2.75) is 18.9 Å². The smallest absolute Gasteiger partial charge is 0.344 e. The lowest BCUT2D eigenvalue weighted by Crippen LogP contribution is -2.39. The number of nitrogens with one attached hydrogen (secondary N) is 2. The third kappa shape index (κ3) is 7.12. The van der Waals surface area contributed by atoms with Gasteiger partial charge in [-0.3, -0.25) is 0 Å². The van der Waals surface area contributed by atoms with Crippen LogP contribution in [0.5, 0.6) is 5.75 Å². The number of benzene rings is 1. The fourth-order valence-electron chi connectivity index (χ4n) is 3.06. The van der Waals surface area contributed by atoms with E-state index in [2.05, 4.69) is 43.6 Å². The molecule has 0 radical (unpaired) electrons. The summed E-state index contributed by atoms with van der Waals surface area (Å²) in [5.41, 5.74) is 0. The van der Waals surface area contributed by atoms with Crippen LogP contribution in [-0.4, -0.2) is 59.8 Å². The van der Waals surface area contributed by atoms with Crippen LogP contribution in [0.4, 0.5) is 17.8 Å². The van der Waals surface area contributed by atoms with Crippen molar-refractivity contribution in [1.82, 2.24) is 15.0 Å². The molecule has 0 bridgehead atoms. The maximum atomic E-state index is 12.1. The van der Waals surface area contributed by atoms with Crippen LogP contribution in [0.15, 0.2) is 49.6 Å². The Morgan fingerprint density at radius 1 is 1.06 bits per heavy atom. The highest BCUT2D eigenvalue weighted by atomic mass is 35.5. The molecular formula is C22H27ClN6O3. The van der Waals surface area contributed by atoms with E-state index in [0.29, 0.717) is 67.6 Å². The van der Waals surface area contributed by atoms with E-state index >= 15 is 0 Å². The van der Waals surface area contributed by atoms with Crippen LogP contribution < -0.4 is 20.3 Å². The Bertz CT molecular complexity index is 886. The van der Waals surface area contributed by atoms with Gasteiger partial charge in [-0.2, -0.15) is 15.0 Å². The van der Waals surface area contributed by atoms with Crippen LogP contribution in [0.2, 0.25) is 5.02 Å². The Kier molecular flexibility index (Phi) is 8.68. The molecule has 0 unspecified atom stereocenters. The van der Waals surface area contributed by atoms with Crippen LogP contribution in [-0.2, 0) is 9.53 Å². The number of nitrogens with zero attached hydrogens (tertiary/aromatic N) is 4. The van der Waals surface area contributed by atoms with E-state index in [0.717, 1.165) is 0 Å². The number of rotatable bonds is 11. The summed E-state index contributed by atoms with van der Waals surface area (Å²) in [6, 6.07) is 6.82. The Labute approximate surface area is 192 Å². The van der Waals surface area contributed by atoms with Crippen molar-refractivity contribution in [2.24, 2.45) is 0 Å². The number of ether oxygens (including phenoxy) is 2. The Morgan fingerprint density at radius 3 is 2.22 bits per heavy atom. The Hall–Kier alpha value is -3.33. The molecule has 1 aromatic carbocycles. The van der Waals surface area contributed by atoms with E-state index < -0.39 is 5.97 Å². The molecule has 1 saturated heterocycles. The number of esters is 1. The first-order chi connectivity index (χ1) is 15.6. The maximum absolute atomic E-state index is 12.1. The van der Waals surface area contributed by atoms with Gasteiger partial charge in [-0.25, -0.2) is 4.79 Å². The van der Waals surface area contributed by atoms with Gasteiger partial charge in [-0.1, -0.05) is 23.8 Å². The molecule has 32 heavy (non-hydrogen) atoms. The molecule has 9 nitrogen and oxygen atoms in total. The van der Waals surface area contributed by atoms with Gasteiger partial charge in [0.2, 0.25) is 17.8 Å². The summed E-state index contributed by atoms with van der Waals surface area (Å²) in [6.07, 6.45) is 4.63. The minimum Gasteiger partial charge on any atom is -0.482 e. The number of anilines is 3. The number of hydrogen-bond donors (Lipinski definition) is 2. The van der Waals surface area contributed by atoms with Crippen LogP contribution >= 0.6 is 11.6 Å². The first kappa shape index (κ1) is 23.3. The lowest BCUT2D eigenvalue weighted by molar-refractivity contribution is -0.152. The van der Waals surface area contributed by atoms with Gasteiger partial charge in [0.15, 0.2) is 6.61 Å². The molecule has 3 rings (SSSR count). The lowest BCUT2D eigenvalue weighted by atomic mass is 10.1. The topological polar surface area (TPSA) is 102 Å². The molecule has 2 heterocycles. The van der Waals surface area contributed by atoms with Gasteiger partial charge in [0.25, 0.3) is 0 Å². The standard InChI is InChI=1S/C22H27ClN6O3/c1-3-11-24-20-26-21(25-12-4-2)28-22(27-20)29-13-9-18(10-14-29)32-19(30)15-31-17-7-5-16(23)6-8-17/h3-8,18H,1-2,9-15H2,(H2,24,25,26,27,28). The van der Waals surface area contributed by atoms with Crippen molar-refractivity contribution in [1.29, 1.82) is 0 Å². The van der Waals surface area contributed by atoms with E-state index in [-0.39, 0.29) is 12.7 Å². The summed E-state index contributed by atoms with van der Waals surface area (Å²) in [4.78, 5) is 27.5. The molecular weight excluding hydrogens is 432 g/mol. The molecule has 0 spiro atoms. The van der Waals surface area contributed by atoms with Gasteiger partial charge in [0, 0.05) is 44.0 Å². The summed E-state index contributed by atoms with van der Waals surface area (Å²) in [5, 5.41) is 6.79. The summed E-state index contributed by atoms with van der Waals surface area (Å²) in [7, 11) is 0. The van der Waals surface area contributed by atoms with Crippen LogP contribution in [0.3, 0.4) is 0 Å². The highest BCUT2D eigenvalue weighted by Crippen LogP contribution is 2.21. The van der Waals surface area contributed by atoms with Crippen molar-refractivity contribution >= 4 is 35.4 Å². The van der Waals surface area contributed by atoms with E-state index in [1.165, 1.54) is 0 Å². The summed E-state index contributed by atoms with van der Waals surface area (Å²) >= 11 is 5.84. The second-order valence-corrected chi connectivity index (χ2v) is 7.48. The summed E-state index contributed by atoms with van der Waals surface area (Å²) in [5.74, 6) is 1.67. The van der Waals surface area contributed by atoms with Gasteiger partial charge >= 0.3 is 5.97 Å². The Morgan fingerprint density at radius 2 is 1.66 bits per heavy atom. The SMILES string of the molecule is C=CCNc1nc(NCC=C)nc(N2CCC(OC(=O)COc3ccc(Cl)cc3)CC2)n1. The molecule has 0 amide bonds. The fraction of sp³-hybridized carbons (Fsp3) is 0.364. The van der Waals surface area contributed by atoms with Gasteiger partial charge < -0.3 is 25.0 Å². The second-order valence-electron chi connectivity index (χ2n) is 7.04. The number of hydrogen-bond acceptors (Lipinski definition) is 9. The van der Waals surface area contributed by atoms with Crippen molar-refractivity contribution in [2.75, 3.05) is 48.3 Å². The first-order valence-electron chi connectivity index (χ1n) is 10.4. The molecule has 1 fully saturated rings. The largest absolute Gasteiger partial charge is 0.482 e. The summed E-state index contributed by atoms with van der Waals surface area (Å²) < 4.78 is 11.0. The molecule has 0 saturated carbocycles. The minimum absolute atomic E-state index is 0.147. The number of piperidine rings is 1. The quantitative estimate of drug-likeness (QED) is 0.387. The fourth-order valence-corrected chi connectivity index (χ4v) is 3.18. The zero-order chi connectivity index (χ0) is 22.8. The molecule has 170 valence electrons. The van der Waals surface area contributed by atoms with Crippen molar-refractivity contribution in [3.05, 3.63) is 54.6 Å². The maximum Gasteiger partial charge on any atom is 0.344 e. The third-order valence-corrected chi connectivity index (χ3v) is 4.88. The molecule has 10 heteroatoms. The van der Waals surface area contributed by atoms with E-state index in [9.17, 15) is 4.79 Å². The average molecular weight is 459 g/mol. The number of halogens is 1. The van der Waals surface area contributed by atoms with Crippen LogP contribution in [0.25, 0.3) is 0 Å². The molecule has 1 aromatic heterocycles. The number of aromatic nitrogens is 3. The molecule has 0 atom stereocenters. The predicted molar refractivity (Wildman–Crippen MR) is 125 cm³/mol. The molecule has 2 aromatic rings. The zero-order valence-corrected chi connectivity index (χ0v) is 18.6.